The number of anilines is 1. The lowest BCUT2D eigenvalue weighted by Gasteiger charge is -2.23. The first-order valence-electron chi connectivity index (χ1n) is 8.99. The van der Waals surface area contributed by atoms with E-state index in [0.717, 1.165) is 12.8 Å². The van der Waals surface area contributed by atoms with Crippen LogP contribution in [0.15, 0.2) is 72.1 Å². The molecular formula is C21H26N2O3S. The molecule has 0 spiro atoms. The number of hydrogen-bond acceptors (Lipinski definition) is 3. The van der Waals surface area contributed by atoms with Gasteiger partial charge in [-0.2, -0.15) is 0 Å². The van der Waals surface area contributed by atoms with Crippen LogP contribution in [0.25, 0.3) is 0 Å². The molecule has 0 aliphatic rings. The van der Waals surface area contributed by atoms with Crippen LogP contribution in [0.1, 0.15) is 37.0 Å². The molecule has 1 amide bonds. The third kappa shape index (κ3) is 5.20. The quantitative estimate of drug-likeness (QED) is 0.663. The molecule has 1 atom stereocenters. The van der Waals surface area contributed by atoms with E-state index >= 15 is 0 Å². The summed E-state index contributed by atoms with van der Waals surface area (Å²) in [6.45, 7) is 7.83. The van der Waals surface area contributed by atoms with Crippen LogP contribution in [0.3, 0.4) is 0 Å². The van der Waals surface area contributed by atoms with Gasteiger partial charge < -0.3 is 5.32 Å². The van der Waals surface area contributed by atoms with Gasteiger partial charge in [0, 0.05) is 11.6 Å². The Kier molecular flexibility index (Phi) is 7.19. The van der Waals surface area contributed by atoms with Crippen LogP contribution in [0.2, 0.25) is 0 Å². The van der Waals surface area contributed by atoms with Gasteiger partial charge in [0.1, 0.15) is 0 Å². The van der Waals surface area contributed by atoms with E-state index in [4.69, 9.17) is 0 Å². The minimum atomic E-state index is -3.71. The maximum atomic E-state index is 13.0. The Morgan fingerprint density at radius 3 is 2.33 bits per heavy atom. The molecule has 0 aliphatic carbocycles. The van der Waals surface area contributed by atoms with Crippen molar-refractivity contribution >= 4 is 21.6 Å². The van der Waals surface area contributed by atoms with Gasteiger partial charge >= 0.3 is 0 Å². The van der Waals surface area contributed by atoms with Gasteiger partial charge in [-0.1, -0.05) is 37.6 Å². The highest BCUT2D eigenvalue weighted by Crippen LogP contribution is 2.24. The molecule has 1 N–H and O–H groups in total. The summed E-state index contributed by atoms with van der Waals surface area (Å²) in [7, 11) is -3.71. The van der Waals surface area contributed by atoms with Crippen molar-refractivity contribution in [3.8, 4) is 0 Å². The monoisotopic (exact) mass is 386 g/mol. The fraction of sp³-hybridized carbons (Fsp3) is 0.286. The van der Waals surface area contributed by atoms with Crippen LogP contribution < -0.4 is 9.62 Å². The lowest BCUT2D eigenvalue weighted by atomic mass is 10.1. The molecule has 0 aromatic heterocycles. The van der Waals surface area contributed by atoms with Crippen molar-refractivity contribution in [1.82, 2.24) is 5.32 Å². The van der Waals surface area contributed by atoms with E-state index < -0.39 is 10.0 Å². The molecule has 0 heterocycles. The van der Waals surface area contributed by atoms with E-state index in [1.54, 1.807) is 54.6 Å². The Bertz CT molecular complexity index is 862. The first-order valence-corrected chi connectivity index (χ1v) is 10.4. The minimum absolute atomic E-state index is 0.0953. The number of nitrogens with zero attached hydrogens (tertiary/aromatic N) is 1. The Balaban J connectivity index is 2.26. The number of amides is 1. The molecule has 0 bridgehead atoms. The van der Waals surface area contributed by atoms with Crippen LogP contribution in [0.5, 0.6) is 0 Å². The molecule has 0 saturated heterocycles. The molecule has 5 nitrogen and oxygen atoms in total. The van der Waals surface area contributed by atoms with Gasteiger partial charge in [0.2, 0.25) is 0 Å². The Labute approximate surface area is 161 Å². The smallest absolute Gasteiger partial charge is 0.264 e. The summed E-state index contributed by atoms with van der Waals surface area (Å²) in [4.78, 5) is 12.5. The minimum Gasteiger partial charge on any atom is -0.350 e. The van der Waals surface area contributed by atoms with Crippen LogP contribution >= 0.6 is 0 Å². The normalized spacial score (nSPS) is 12.2. The first kappa shape index (κ1) is 20.7. The maximum absolute atomic E-state index is 13.0. The predicted molar refractivity (Wildman–Crippen MR) is 109 cm³/mol. The highest BCUT2D eigenvalue weighted by atomic mass is 32.2. The Hall–Kier alpha value is -2.60. The van der Waals surface area contributed by atoms with Gasteiger partial charge in [-0.05, 0) is 49.7 Å². The van der Waals surface area contributed by atoms with Crippen molar-refractivity contribution in [2.24, 2.45) is 0 Å². The summed E-state index contributed by atoms with van der Waals surface area (Å²) in [6.07, 6.45) is 3.44. The fourth-order valence-electron chi connectivity index (χ4n) is 2.77. The van der Waals surface area contributed by atoms with Gasteiger partial charge in [-0.25, -0.2) is 8.42 Å². The van der Waals surface area contributed by atoms with Crippen molar-refractivity contribution in [3.05, 3.63) is 72.8 Å². The summed E-state index contributed by atoms with van der Waals surface area (Å²) in [6, 6.07) is 14.9. The third-order valence-electron chi connectivity index (χ3n) is 4.14. The average Bonchev–Trinajstić information content (AvgIpc) is 2.67. The second-order valence-corrected chi connectivity index (χ2v) is 8.21. The summed E-state index contributed by atoms with van der Waals surface area (Å²) < 4.78 is 27.2. The van der Waals surface area contributed by atoms with E-state index in [0.29, 0.717) is 11.3 Å². The molecule has 2 rings (SSSR count). The average molecular weight is 387 g/mol. The van der Waals surface area contributed by atoms with Crippen molar-refractivity contribution < 1.29 is 13.2 Å². The zero-order valence-electron chi connectivity index (χ0n) is 15.8. The zero-order valence-corrected chi connectivity index (χ0v) is 16.6. The molecule has 0 aliphatic heterocycles. The summed E-state index contributed by atoms with van der Waals surface area (Å²) >= 11 is 0. The fourth-order valence-corrected chi connectivity index (χ4v) is 4.23. The highest BCUT2D eigenvalue weighted by molar-refractivity contribution is 7.92. The molecule has 144 valence electrons. The van der Waals surface area contributed by atoms with E-state index in [2.05, 4.69) is 18.8 Å². The Morgan fingerprint density at radius 1 is 1.15 bits per heavy atom. The SMILES string of the molecule is C=CCN(c1ccc(C(=O)NC(C)CCC)cc1)S(=O)(=O)c1ccccc1. The van der Waals surface area contributed by atoms with Crippen molar-refractivity contribution in [3.63, 3.8) is 0 Å². The van der Waals surface area contributed by atoms with Gasteiger partial charge in [-0.15, -0.1) is 6.58 Å². The lowest BCUT2D eigenvalue weighted by Crippen LogP contribution is -2.33. The summed E-state index contributed by atoms with van der Waals surface area (Å²) in [5, 5.41) is 2.94. The van der Waals surface area contributed by atoms with E-state index in [-0.39, 0.29) is 23.4 Å². The second kappa shape index (κ2) is 9.37. The van der Waals surface area contributed by atoms with Crippen LogP contribution in [-0.2, 0) is 10.0 Å². The molecule has 2 aromatic rings. The van der Waals surface area contributed by atoms with Gasteiger partial charge in [0.25, 0.3) is 15.9 Å². The van der Waals surface area contributed by atoms with Crippen LogP contribution in [0, 0.1) is 0 Å². The summed E-state index contributed by atoms with van der Waals surface area (Å²) in [5.74, 6) is -0.163. The van der Waals surface area contributed by atoms with Crippen LogP contribution in [-0.4, -0.2) is 26.9 Å². The van der Waals surface area contributed by atoms with Crippen molar-refractivity contribution in [2.45, 2.75) is 37.6 Å². The lowest BCUT2D eigenvalue weighted by molar-refractivity contribution is 0.0938. The number of carbonyl (C=O) groups is 1. The largest absolute Gasteiger partial charge is 0.350 e. The highest BCUT2D eigenvalue weighted by Gasteiger charge is 2.24. The first-order chi connectivity index (χ1) is 12.9. The number of carbonyl (C=O) groups excluding carboxylic acids is 1. The number of nitrogens with one attached hydrogen (secondary N) is 1. The van der Waals surface area contributed by atoms with E-state index in [9.17, 15) is 13.2 Å². The summed E-state index contributed by atoms with van der Waals surface area (Å²) in [5.41, 5.74) is 0.981. The number of benzene rings is 2. The van der Waals surface area contributed by atoms with Gasteiger partial charge in [0.15, 0.2) is 0 Å². The molecule has 0 fully saturated rings. The molecule has 27 heavy (non-hydrogen) atoms. The Morgan fingerprint density at radius 2 is 1.78 bits per heavy atom. The number of sulfonamides is 1. The standard InChI is InChI=1S/C21H26N2O3S/c1-4-9-17(3)22-21(24)18-12-14-19(15-13-18)23(16-5-2)27(25,26)20-10-7-6-8-11-20/h5-8,10-15,17H,2,4,9,16H2,1,3H3,(H,22,24). The van der Waals surface area contributed by atoms with Gasteiger partial charge in [0.05, 0.1) is 17.1 Å². The molecule has 1 unspecified atom stereocenters. The maximum Gasteiger partial charge on any atom is 0.264 e. The molecular weight excluding hydrogens is 360 g/mol. The van der Waals surface area contributed by atoms with Crippen molar-refractivity contribution in [1.29, 1.82) is 0 Å². The molecule has 0 radical (unpaired) electrons. The second-order valence-electron chi connectivity index (χ2n) is 6.35. The van der Waals surface area contributed by atoms with Gasteiger partial charge in [-0.3, -0.25) is 9.10 Å². The van der Waals surface area contributed by atoms with E-state index in [1.165, 1.54) is 10.4 Å². The topological polar surface area (TPSA) is 66.5 Å². The zero-order chi connectivity index (χ0) is 19.9. The molecule has 2 aromatic carbocycles. The van der Waals surface area contributed by atoms with Crippen LogP contribution in [0.4, 0.5) is 5.69 Å². The van der Waals surface area contributed by atoms with E-state index in [1.807, 2.05) is 6.92 Å². The number of hydrogen-bond donors (Lipinski definition) is 1. The van der Waals surface area contributed by atoms with Crippen molar-refractivity contribution in [2.75, 3.05) is 10.8 Å². The molecule has 6 heteroatoms. The predicted octanol–water partition coefficient (Wildman–Crippen LogP) is 3.99. The third-order valence-corrected chi connectivity index (χ3v) is 5.95. The number of rotatable bonds is 9. The molecule has 0 saturated carbocycles.